The number of rotatable bonds is 4. The molecular weight excluding hydrogens is 533 g/mol. The number of allylic oxidation sites excluding steroid dienone is 3. The summed E-state index contributed by atoms with van der Waals surface area (Å²) >= 11 is 0. The number of carbonyl (C=O) groups is 2. The molecule has 2 aliphatic rings. The van der Waals surface area contributed by atoms with Gasteiger partial charge in [-0.3, -0.25) is 20.0 Å². The van der Waals surface area contributed by atoms with Gasteiger partial charge in [0, 0.05) is 49.5 Å². The van der Waals surface area contributed by atoms with E-state index >= 15 is 0 Å². The fourth-order valence-corrected chi connectivity index (χ4v) is 4.69. The van der Waals surface area contributed by atoms with Crippen LogP contribution in [0.5, 0.6) is 0 Å². The minimum atomic E-state index is -4.57. The average molecular weight is 567 g/mol. The summed E-state index contributed by atoms with van der Waals surface area (Å²) in [6.07, 6.45) is 0.724. The lowest BCUT2D eigenvalue weighted by atomic mass is 10.0. The number of nitrogens with one attached hydrogen (secondary N) is 2. The van der Waals surface area contributed by atoms with Gasteiger partial charge in [0.25, 0.3) is 5.91 Å². The van der Waals surface area contributed by atoms with E-state index in [9.17, 15) is 22.8 Å². The molecule has 4 N–H and O–H groups in total. The van der Waals surface area contributed by atoms with E-state index in [1.807, 2.05) is 31.9 Å². The lowest BCUT2D eigenvalue weighted by Gasteiger charge is -2.33. The number of benzene rings is 2. The molecule has 0 spiro atoms. The average Bonchev–Trinajstić information content (AvgIpc) is 2.93. The molecule has 11 heteroatoms. The Morgan fingerprint density at radius 1 is 1.07 bits per heavy atom. The van der Waals surface area contributed by atoms with Crippen LogP contribution in [0.1, 0.15) is 39.5 Å². The number of carbonyl (C=O) groups excluding carboxylic acids is 2. The van der Waals surface area contributed by atoms with Gasteiger partial charge in [0.15, 0.2) is 0 Å². The molecule has 0 aromatic heterocycles. The number of hydrogen-bond donors (Lipinski definition) is 3. The Morgan fingerprint density at radius 2 is 1.80 bits per heavy atom. The van der Waals surface area contributed by atoms with Crippen molar-refractivity contribution in [3.05, 3.63) is 88.1 Å². The molecule has 8 nitrogen and oxygen atoms in total. The molecule has 3 amide bonds. The molecule has 1 unspecified atom stereocenters. The number of nitrogens with two attached hydrogens (primary N) is 1. The molecule has 1 fully saturated rings. The van der Waals surface area contributed by atoms with Crippen LogP contribution in [-0.4, -0.2) is 65.9 Å². The van der Waals surface area contributed by atoms with Crippen LogP contribution in [0, 0.1) is 18.8 Å². The minimum Gasteiger partial charge on any atom is -0.322 e. The zero-order valence-electron chi connectivity index (χ0n) is 23.2. The van der Waals surface area contributed by atoms with E-state index < -0.39 is 23.7 Å². The molecule has 216 valence electrons. The van der Waals surface area contributed by atoms with Crippen molar-refractivity contribution in [2.24, 2.45) is 5.84 Å². The summed E-state index contributed by atoms with van der Waals surface area (Å²) < 4.78 is 41.9. The Labute approximate surface area is 237 Å². The molecule has 2 aromatic carbocycles. The Hall–Kier alpha value is -4.11. The molecule has 41 heavy (non-hydrogen) atoms. The lowest BCUT2D eigenvalue weighted by Crippen LogP contribution is -2.46. The van der Waals surface area contributed by atoms with Crippen molar-refractivity contribution in [1.82, 2.24) is 20.1 Å². The fraction of sp³-hybridized carbons (Fsp3) is 0.333. The first-order valence-corrected chi connectivity index (χ1v) is 13.2. The van der Waals surface area contributed by atoms with Crippen molar-refractivity contribution < 1.29 is 22.8 Å². The second-order valence-electron chi connectivity index (χ2n) is 10.2. The van der Waals surface area contributed by atoms with E-state index in [0.29, 0.717) is 24.4 Å². The second kappa shape index (κ2) is 12.6. The maximum absolute atomic E-state index is 14.0. The number of nitrogens with zero attached hydrogens (tertiary/aromatic N) is 3. The molecule has 1 atom stereocenters. The predicted octanol–water partition coefficient (Wildman–Crippen LogP) is 4.09. The summed E-state index contributed by atoms with van der Waals surface area (Å²) in [5.74, 6) is 10.7. The second-order valence-corrected chi connectivity index (χ2v) is 10.2. The van der Waals surface area contributed by atoms with Crippen molar-refractivity contribution in [3.8, 4) is 11.8 Å². The van der Waals surface area contributed by atoms with Gasteiger partial charge < -0.3 is 10.2 Å². The van der Waals surface area contributed by atoms with Crippen molar-refractivity contribution in [1.29, 1.82) is 0 Å². The smallest absolute Gasteiger partial charge is 0.322 e. The number of aryl methyl sites for hydroxylation is 1. The fourth-order valence-electron chi connectivity index (χ4n) is 4.69. The van der Waals surface area contributed by atoms with E-state index in [1.165, 1.54) is 17.0 Å². The van der Waals surface area contributed by atoms with Gasteiger partial charge in [0.2, 0.25) is 0 Å². The summed E-state index contributed by atoms with van der Waals surface area (Å²) in [4.78, 5) is 30.8. The summed E-state index contributed by atoms with van der Waals surface area (Å²) in [5.41, 5.74) is 3.55. The van der Waals surface area contributed by atoms with Gasteiger partial charge >= 0.3 is 12.2 Å². The van der Waals surface area contributed by atoms with E-state index in [-0.39, 0.29) is 29.4 Å². The maximum atomic E-state index is 14.0. The first-order valence-electron chi connectivity index (χ1n) is 13.2. The van der Waals surface area contributed by atoms with Gasteiger partial charge in [-0.25, -0.2) is 10.6 Å². The molecule has 0 radical (unpaired) electrons. The van der Waals surface area contributed by atoms with Crippen LogP contribution in [0.15, 0.2) is 60.3 Å². The SMILES string of the molecule is Cc1ccc(C(=O)Nc2ccc(CN3CCN(C)CC3)c(C(F)(F)F)c2)cc1C#CC1=CC=CC(C)N1C(=O)NN. The number of piperazine rings is 1. The number of urea groups is 1. The topological polar surface area (TPSA) is 93.9 Å². The van der Waals surface area contributed by atoms with Crippen LogP contribution in [0.4, 0.5) is 23.7 Å². The van der Waals surface area contributed by atoms with E-state index in [1.54, 1.807) is 30.4 Å². The number of hydrazine groups is 1. The van der Waals surface area contributed by atoms with Crippen LogP contribution < -0.4 is 16.6 Å². The Bertz CT molecular complexity index is 1430. The summed E-state index contributed by atoms with van der Waals surface area (Å²) in [7, 11) is 1.99. The van der Waals surface area contributed by atoms with Crippen LogP contribution in [0.3, 0.4) is 0 Å². The number of amides is 3. The molecule has 0 aliphatic carbocycles. The monoisotopic (exact) mass is 566 g/mol. The zero-order valence-corrected chi connectivity index (χ0v) is 23.2. The number of hydrogen-bond acceptors (Lipinski definition) is 5. The van der Waals surface area contributed by atoms with Gasteiger partial charge in [0.1, 0.15) is 0 Å². The minimum absolute atomic E-state index is 0.0502. The van der Waals surface area contributed by atoms with Gasteiger partial charge in [0.05, 0.1) is 17.3 Å². The van der Waals surface area contributed by atoms with E-state index in [4.69, 9.17) is 5.84 Å². The van der Waals surface area contributed by atoms with Crippen LogP contribution >= 0.6 is 0 Å². The zero-order chi connectivity index (χ0) is 29.7. The molecule has 2 aliphatic heterocycles. The quantitative estimate of drug-likeness (QED) is 0.224. The van der Waals surface area contributed by atoms with Gasteiger partial charge in [-0.05, 0) is 68.3 Å². The third kappa shape index (κ3) is 7.35. The van der Waals surface area contributed by atoms with Crippen molar-refractivity contribution >= 4 is 17.6 Å². The van der Waals surface area contributed by atoms with Crippen LogP contribution in [0.2, 0.25) is 0 Å². The van der Waals surface area contributed by atoms with Crippen LogP contribution in [0.25, 0.3) is 0 Å². The molecule has 2 aromatic rings. The number of anilines is 1. The predicted molar refractivity (Wildman–Crippen MR) is 151 cm³/mol. The van der Waals surface area contributed by atoms with Crippen molar-refractivity contribution in [3.63, 3.8) is 0 Å². The number of alkyl halides is 3. The summed E-state index contributed by atoms with van der Waals surface area (Å²) in [6.45, 7) is 6.81. The van der Waals surface area contributed by atoms with Crippen molar-refractivity contribution in [2.75, 3.05) is 38.5 Å². The van der Waals surface area contributed by atoms with Crippen molar-refractivity contribution in [2.45, 2.75) is 32.6 Å². The molecule has 0 bridgehead atoms. The first-order chi connectivity index (χ1) is 19.5. The first kappa shape index (κ1) is 29.9. The molecule has 0 saturated carbocycles. The highest BCUT2D eigenvalue weighted by Gasteiger charge is 2.34. The van der Waals surface area contributed by atoms with Crippen LogP contribution in [-0.2, 0) is 12.7 Å². The van der Waals surface area contributed by atoms with Gasteiger partial charge in [-0.2, -0.15) is 13.2 Å². The highest BCUT2D eigenvalue weighted by Crippen LogP contribution is 2.34. The molecule has 1 saturated heterocycles. The molecule has 2 heterocycles. The Morgan fingerprint density at radius 3 is 2.49 bits per heavy atom. The van der Waals surface area contributed by atoms with Gasteiger partial charge in [-0.1, -0.05) is 30.2 Å². The normalized spacial score (nSPS) is 17.9. The summed E-state index contributed by atoms with van der Waals surface area (Å²) in [6, 6.07) is 8.00. The highest BCUT2D eigenvalue weighted by molar-refractivity contribution is 6.04. The summed E-state index contributed by atoms with van der Waals surface area (Å²) in [5, 5.41) is 2.59. The molecular formula is C30H33F3N6O2. The number of halogens is 3. The molecule has 4 rings (SSSR count). The Kier molecular flexibility index (Phi) is 9.18. The van der Waals surface area contributed by atoms with E-state index in [2.05, 4.69) is 27.5 Å². The number of likely N-dealkylation sites (N-methyl/N-ethyl adjacent to an activating group) is 1. The Balaban J connectivity index is 1.53. The largest absolute Gasteiger partial charge is 0.416 e. The third-order valence-electron chi connectivity index (χ3n) is 7.14. The highest BCUT2D eigenvalue weighted by atomic mass is 19.4. The standard InChI is InChI=1S/C30H33F3N6O2/c1-20-7-8-23(17-22(20)10-12-26-6-4-5-21(2)39(26)29(41)36-34)28(40)35-25-11-9-24(27(18-25)30(31,32)33)19-38-15-13-37(3)14-16-38/h4-9,11,17-18,21H,13-16,19,34H2,1-3H3,(H,35,40)(H,36,41). The maximum Gasteiger partial charge on any atom is 0.416 e. The third-order valence-corrected chi connectivity index (χ3v) is 7.14. The van der Waals surface area contributed by atoms with Gasteiger partial charge in [-0.15, -0.1) is 0 Å². The lowest BCUT2D eigenvalue weighted by molar-refractivity contribution is -0.138. The van der Waals surface area contributed by atoms with E-state index in [0.717, 1.165) is 24.7 Å².